The Morgan fingerprint density at radius 1 is 1.16 bits per heavy atom. The second-order valence-corrected chi connectivity index (χ2v) is 4.40. The second kappa shape index (κ2) is 5.10. The average Bonchev–Trinajstić information content (AvgIpc) is 2.35. The van der Waals surface area contributed by atoms with Gasteiger partial charge in [-0.1, -0.05) is 18.2 Å². The molecule has 0 amide bonds. The summed E-state index contributed by atoms with van der Waals surface area (Å²) in [5, 5.41) is 7.51. The molecule has 2 aromatic rings. The Morgan fingerprint density at radius 3 is 2.58 bits per heavy atom. The normalized spacial score (nSPS) is 10.3. The molecular formula is C15H15FN2O. The summed E-state index contributed by atoms with van der Waals surface area (Å²) in [6, 6.07) is 10.2. The zero-order valence-electron chi connectivity index (χ0n) is 10.8. The Labute approximate surface area is 111 Å². The first-order valence-electron chi connectivity index (χ1n) is 5.87. The quantitative estimate of drug-likeness (QED) is 0.653. The van der Waals surface area contributed by atoms with Gasteiger partial charge in [-0.05, 0) is 43.2 Å². The van der Waals surface area contributed by atoms with E-state index >= 15 is 0 Å². The Hall–Kier alpha value is -2.36. The van der Waals surface area contributed by atoms with Crippen molar-refractivity contribution in [2.75, 3.05) is 0 Å². The highest BCUT2D eigenvalue weighted by molar-refractivity contribution is 5.97. The van der Waals surface area contributed by atoms with Crippen LogP contribution in [0.25, 0.3) is 0 Å². The van der Waals surface area contributed by atoms with Crippen LogP contribution in [0.15, 0.2) is 36.4 Å². The summed E-state index contributed by atoms with van der Waals surface area (Å²) >= 11 is 0. The molecule has 0 unspecified atom stereocenters. The van der Waals surface area contributed by atoms with E-state index in [0.29, 0.717) is 16.9 Å². The topological polar surface area (TPSA) is 59.1 Å². The third-order valence-corrected chi connectivity index (χ3v) is 2.80. The van der Waals surface area contributed by atoms with E-state index in [1.54, 1.807) is 37.3 Å². The molecule has 3 nitrogen and oxygen atoms in total. The molecule has 0 aliphatic rings. The molecule has 0 saturated heterocycles. The SMILES string of the molecule is Cc1ccc(C(=N)N)c(Oc2cccc(C)c2F)c1. The van der Waals surface area contributed by atoms with Crippen molar-refractivity contribution in [1.29, 1.82) is 5.41 Å². The number of nitrogen functional groups attached to an aromatic ring is 1. The van der Waals surface area contributed by atoms with Crippen molar-refractivity contribution in [3.63, 3.8) is 0 Å². The van der Waals surface area contributed by atoms with Crippen molar-refractivity contribution in [2.45, 2.75) is 13.8 Å². The van der Waals surface area contributed by atoms with Gasteiger partial charge < -0.3 is 10.5 Å². The van der Waals surface area contributed by atoms with Gasteiger partial charge in [0.2, 0.25) is 0 Å². The fraction of sp³-hybridized carbons (Fsp3) is 0.133. The van der Waals surface area contributed by atoms with E-state index in [1.807, 2.05) is 13.0 Å². The summed E-state index contributed by atoms with van der Waals surface area (Å²) in [4.78, 5) is 0. The van der Waals surface area contributed by atoms with Crippen molar-refractivity contribution >= 4 is 5.84 Å². The van der Waals surface area contributed by atoms with Crippen LogP contribution in [0.2, 0.25) is 0 Å². The lowest BCUT2D eigenvalue weighted by molar-refractivity contribution is 0.439. The van der Waals surface area contributed by atoms with Gasteiger partial charge in [-0.3, -0.25) is 5.41 Å². The molecule has 0 aliphatic heterocycles. The van der Waals surface area contributed by atoms with E-state index in [-0.39, 0.29) is 11.6 Å². The smallest absolute Gasteiger partial charge is 0.168 e. The standard InChI is InChI=1S/C15H15FN2O/c1-9-6-7-11(15(17)18)13(8-9)19-12-5-3-4-10(2)14(12)16/h3-8H,1-2H3,(H3,17,18). The lowest BCUT2D eigenvalue weighted by atomic mass is 10.1. The Kier molecular flexibility index (Phi) is 3.51. The first kappa shape index (κ1) is 13.1. The zero-order chi connectivity index (χ0) is 14.0. The van der Waals surface area contributed by atoms with Crippen LogP contribution in [0.5, 0.6) is 11.5 Å². The summed E-state index contributed by atoms with van der Waals surface area (Å²) in [5.41, 5.74) is 7.41. The van der Waals surface area contributed by atoms with E-state index in [4.69, 9.17) is 15.9 Å². The summed E-state index contributed by atoms with van der Waals surface area (Å²) in [5.74, 6) is 0.00618. The Morgan fingerprint density at radius 2 is 1.89 bits per heavy atom. The number of halogens is 1. The van der Waals surface area contributed by atoms with Crippen molar-refractivity contribution < 1.29 is 9.13 Å². The molecule has 0 aliphatic carbocycles. The van der Waals surface area contributed by atoms with E-state index < -0.39 is 5.82 Å². The molecule has 2 aromatic carbocycles. The van der Waals surface area contributed by atoms with Crippen molar-refractivity contribution in [2.24, 2.45) is 5.73 Å². The van der Waals surface area contributed by atoms with Crippen molar-refractivity contribution in [1.82, 2.24) is 0 Å². The Balaban J connectivity index is 2.45. The number of benzene rings is 2. The molecule has 98 valence electrons. The molecule has 0 atom stereocenters. The largest absolute Gasteiger partial charge is 0.453 e. The highest BCUT2D eigenvalue weighted by Gasteiger charge is 2.11. The van der Waals surface area contributed by atoms with Gasteiger partial charge in [0.15, 0.2) is 11.6 Å². The molecule has 0 radical (unpaired) electrons. The van der Waals surface area contributed by atoms with E-state index in [1.165, 1.54) is 0 Å². The molecule has 19 heavy (non-hydrogen) atoms. The third kappa shape index (κ3) is 2.73. The molecule has 0 aromatic heterocycles. The van der Waals surface area contributed by atoms with E-state index in [9.17, 15) is 4.39 Å². The maximum Gasteiger partial charge on any atom is 0.168 e. The van der Waals surface area contributed by atoms with Crippen LogP contribution >= 0.6 is 0 Å². The monoisotopic (exact) mass is 258 g/mol. The van der Waals surface area contributed by atoms with Crippen LogP contribution in [0.3, 0.4) is 0 Å². The van der Waals surface area contributed by atoms with Gasteiger partial charge in [0.1, 0.15) is 11.6 Å². The number of nitrogens with one attached hydrogen (secondary N) is 1. The maximum atomic E-state index is 13.9. The summed E-state index contributed by atoms with van der Waals surface area (Å²) in [7, 11) is 0. The summed E-state index contributed by atoms with van der Waals surface area (Å²) < 4.78 is 19.5. The highest BCUT2D eigenvalue weighted by Crippen LogP contribution is 2.29. The summed E-state index contributed by atoms with van der Waals surface area (Å²) in [6.45, 7) is 3.56. The molecule has 3 N–H and O–H groups in total. The number of amidine groups is 1. The van der Waals surface area contributed by atoms with Gasteiger partial charge in [-0.25, -0.2) is 4.39 Å². The minimum Gasteiger partial charge on any atom is -0.453 e. The van der Waals surface area contributed by atoms with Gasteiger partial charge in [0, 0.05) is 0 Å². The number of hydrogen-bond donors (Lipinski definition) is 2. The molecule has 0 bridgehead atoms. The maximum absolute atomic E-state index is 13.9. The van der Waals surface area contributed by atoms with Gasteiger partial charge in [-0.2, -0.15) is 0 Å². The fourth-order valence-corrected chi connectivity index (χ4v) is 1.75. The third-order valence-electron chi connectivity index (χ3n) is 2.80. The van der Waals surface area contributed by atoms with Gasteiger partial charge >= 0.3 is 0 Å². The molecular weight excluding hydrogens is 243 g/mol. The van der Waals surface area contributed by atoms with Crippen LogP contribution in [0.4, 0.5) is 4.39 Å². The van der Waals surface area contributed by atoms with Crippen molar-refractivity contribution in [3.05, 3.63) is 58.9 Å². The lowest BCUT2D eigenvalue weighted by Gasteiger charge is -2.12. The van der Waals surface area contributed by atoms with Crippen LogP contribution < -0.4 is 10.5 Å². The highest BCUT2D eigenvalue weighted by atomic mass is 19.1. The number of ether oxygens (including phenoxy) is 1. The Bertz CT molecular complexity index is 638. The van der Waals surface area contributed by atoms with Crippen LogP contribution in [-0.2, 0) is 0 Å². The summed E-state index contributed by atoms with van der Waals surface area (Å²) in [6.07, 6.45) is 0. The minimum absolute atomic E-state index is 0.108. The first-order valence-corrected chi connectivity index (χ1v) is 5.87. The predicted molar refractivity (Wildman–Crippen MR) is 73.4 cm³/mol. The van der Waals surface area contributed by atoms with Crippen molar-refractivity contribution in [3.8, 4) is 11.5 Å². The van der Waals surface area contributed by atoms with Crippen LogP contribution in [-0.4, -0.2) is 5.84 Å². The number of hydrogen-bond acceptors (Lipinski definition) is 2. The molecule has 0 spiro atoms. The van der Waals surface area contributed by atoms with Crippen LogP contribution in [0, 0.1) is 25.1 Å². The van der Waals surface area contributed by atoms with Gasteiger partial charge in [-0.15, -0.1) is 0 Å². The molecule has 0 saturated carbocycles. The first-order chi connectivity index (χ1) is 8.99. The van der Waals surface area contributed by atoms with Gasteiger partial charge in [0.05, 0.1) is 5.56 Å². The second-order valence-electron chi connectivity index (χ2n) is 4.40. The molecule has 2 rings (SSSR count). The predicted octanol–water partition coefficient (Wildman–Crippen LogP) is 3.52. The molecule has 4 heteroatoms. The van der Waals surface area contributed by atoms with Crippen LogP contribution in [0.1, 0.15) is 16.7 Å². The molecule has 0 heterocycles. The number of rotatable bonds is 3. The number of aryl methyl sites for hydroxylation is 2. The van der Waals surface area contributed by atoms with E-state index in [0.717, 1.165) is 5.56 Å². The van der Waals surface area contributed by atoms with Gasteiger partial charge in [0.25, 0.3) is 0 Å². The zero-order valence-corrected chi connectivity index (χ0v) is 10.8. The average molecular weight is 258 g/mol. The lowest BCUT2D eigenvalue weighted by Crippen LogP contribution is -2.12. The molecule has 0 fully saturated rings. The fourth-order valence-electron chi connectivity index (χ4n) is 1.75. The van der Waals surface area contributed by atoms with E-state index in [2.05, 4.69) is 0 Å². The number of nitrogens with two attached hydrogens (primary N) is 1. The minimum atomic E-state index is -0.404.